The zero-order chi connectivity index (χ0) is 14.0. The fourth-order valence-corrected chi connectivity index (χ4v) is 2.28. The van der Waals surface area contributed by atoms with Gasteiger partial charge in [-0.2, -0.15) is 0 Å². The number of rotatable bonds is 3. The van der Waals surface area contributed by atoms with E-state index < -0.39 is 0 Å². The quantitative estimate of drug-likeness (QED) is 0.914. The summed E-state index contributed by atoms with van der Waals surface area (Å²) >= 11 is 11.9. The summed E-state index contributed by atoms with van der Waals surface area (Å²) in [7, 11) is 3.11. The molecule has 0 aromatic heterocycles. The van der Waals surface area contributed by atoms with Crippen molar-refractivity contribution in [3.8, 4) is 28.4 Å². The number of phenols is 1. The molecule has 0 amide bonds. The van der Waals surface area contributed by atoms with Gasteiger partial charge in [-0.1, -0.05) is 29.3 Å². The molecule has 0 radical (unpaired) electrons. The van der Waals surface area contributed by atoms with Crippen molar-refractivity contribution >= 4 is 23.2 Å². The summed E-state index contributed by atoms with van der Waals surface area (Å²) in [5, 5.41) is 10.7. The molecule has 0 aliphatic carbocycles. The molecule has 0 aliphatic heterocycles. The summed E-state index contributed by atoms with van der Waals surface area (Å²) in [5.74, 6) is 1.16. The van der Waals surface area contributed by atoms with Gasteiger partial charge in [0.05, 0.1) is 19.2 Å². The highest BCUT2D eigenvalue weighted by Gasteiger charge is 2.12. The van der Waals surface area contributed by atoms with Crippen molar-refractivity contribution in [2.24, 2.45) is 0 Å². The van der Waals surface area contributed by atoms with Gasteiger partial charge in [0.25, 0.3) is 0 Å². The third-order valence-corrected chi connectivity index (χ3v) is 3.23. The predicted octanol–water partition coefficient (Wildman–Crippen LogP) is 4.38. The third kappa shape index (κ3) is 2.72. The van der Waals surface area contributed by atoms with Gasteiger partial charge in [0.2, 0.25) is 0 Å². The number of phenolic OH excluding ortho intramolecular Hbond substituents is 1. The average Bonchev–Trinajstić information content (AvgIpc) is 2.42. The fourth-order valence-electron chi connectivity index (χ4n) is 1.79. The Hall–Kier alpha value is -1.58. The van der Waals surface area contributed by atoms with Crippen molar-refractivity contribution in [3.05, 3.63) is 40.4 Å². The van der Waals surface area contributed by atoms with E-state index in [4.69, 9.17) is 32.7 Å². The van der Waals surface area contributed by atoms with Crippen LogP contribution in [0.5, 0.6) is 17.2 Å². The maximum absolute atomic E-state index is 10.0. The fraction of sp³-hybridized carbons (Fsp3) is 0.143. The van der Waals surface area contributed by atoms with Crippen molar-refractivity contribution < 1.29 is 14.6 Å². The molecule has 2 aromatic rings. The molecule has 3 nitrogen and oxygen atoms in total. The summed E-state index contributed by atoms with van der Waals surface area (Å²) in [6.45, 7) is 0. The molecule has 5 heteroatoms. The van der Waals surface area contributed by atoms with E-state index in [9.17, 15) is 5.11 Å². The lowest BCUT2D eigenvalue weighted by molar-refractivity contribution is 0.355. The predicted molar refractivity (Wildman–Crippen MR) is 76.7 cm³/mol. The van der Waals surface area contributed by atoms with Crippen LogP contribution in [-0.4, -0.2) is 19.3 Å². The second kappa shape index (κ2) is 5.59. The van der Waals surface area contributed by atoms with E-state index in [1.54, 1.807) is 38.5 Å². The van der Waals surface area contributed by atoms with Crippen LogP contribution in [0.2, 0.25) is 10.0 Å². The van der Waals surface area contributed by atoms with Crippen LogP contribution in [-0.2, 0) is 0 Å². The minimum atomic E-state index is -0.0155. The van der Waals surface area contributed by atoms with Crippen LogP contribution in [0.4, 0.5) is 0 Å². The van der Waals surface area contributed by atoms with Crippen LogP contribution in [0.1, 0.15) is 0 Å². The van der Waals surface area contributed by atoms with Crippen LogP contribution < -0.4 is 9.47 Å². The Bertz CT molecular complexity index is 612. The normalized spacial score (nSPS) is 10.3. The molecule has 0 unspecified atom stereocenters. The van der Waals surface area contributed by atoms with Crippen LogP contribution >= 0.6 is 23.2 Å². The second-order valence-electron chi connectivity index (χ2n) is 3.85. The van der Waals surface area contributed by atoms with Crippen LogP contribution in [0.25, 0.3) is 11.1 Å². The molecular formula is C14H12Cl2O3. The van der Waals surface area contributed by atoms with Gasteiger partial charge in [-0.3, -0.25) is 0 Å². The summed E-state index contributed by atoms with van der Waals surface area (Å²) in [6, 6.07) is 8.43. The molecule has 0 spiro atoms. The summed E-state index contributed by atoms with van der Waals surface area (Å²) < 4.78 is 10.4. The zero-order valence-electron chi connectivity index (χ0n) is 10.4. The van der Waals surface area contributed by atoms with Crippen molar-refractivity contribution in [3.63, 3.8) is 0 Å². The number of hydrogen-bond acceptors (Lipinski definition) is 3. The molecule has 0 heterocycles. The standard InChI is InChI=1S/C14H12Cl2O3/c1-18-12-4-3-8(5-13(12)19-2)10-6-9(15)7-11(16)14(10)17/h3-7,17H,1-2H3. The van der Waals surface area contributed by atoms with Gasteiger partial charge in [0.1, 0.15) is 5.75 Å². The maximum Gasteiger partial charge on any atom is 0.161 e. The highest BCUT2D eigenvalue weighted by Crippen LogP contribution is 2.40. The number of ether oxygens (including phenoxy) is 2. The lowest BCUT2D eigenvalue weighted by Gasteiger charge is -2.11. The first-order valence-corrected chi connectivity index (χ1v) is 6.22. The zero-order valence-corrected chi connectivity index (χ0v) is 11.9. The second-order valence-corrected chi connectivity index (χ2v) is 4.70. The Morgan fingerprint density at radius 3 is 2.26 bits per heavy atom. The minimum Gasteiger partial charge on any atom is -0.506 e. The van der Waals surface area contributed by atoms with Crippen molar-refractivity contribution in [2.45, 2.75) is 0 Å². The van der Waals surface area contributed by atoms with E-state index in [0.29, 0.717) is 22.1 Å². The maximum atomic E-state index is 10.0. The smallest absolute Gasteiger partial charge is 0.161 e. The molecule has 100 valence electrons. The van der Waals surface area contributed by atoms with E-state index in [2.05, 4.69) is 0 Å². The molecule has 0 saturated heterocycles. The van der Waals surface area contributed by atoms with Gasteiger partial charge in [0.15, 0.2) is 11.5 Å². The molecule has 1 N–H and O–H groups in total. The van der Waals surface area contributed by atoms with Crippen LogP contribution in [0.15, 0.2) is 30.3 Å². The van der Waals surface area contributed by atoms with Gasteiger partial charge in [0, 0.05) is 10.6 Å². The molecule has 2 rings (SSSR count). The topological polar surface area (TPSA) is 38.7 Å². The summed E-state index contributed by atoms with van der Waals surface area (Å²) in [5.41, 5.74) is 1.28. The lowest BCUT2D eigenvalue weighted by atomic mass is 10.0. The Kier molecular flexibility index (Phi) is 4.08. The molecule has 0 atom stereocenters. The number of halogens is 2. The van der Waals surface area contributed by atoms with Gasteiger partial charge in [-0.25, -0.2) is 0 Å². The van der Waals surface area contributed by atoms with Crippen molar-refractivity contribution in [2.75, 3.05) is 14.2 Å². The Balaban J connectivity index is 2.59. The van der Waals surface area contributed by atoms with Gasteiger partial charge in [-0.05, 0) is 29.8 Å². The van der Waals surface area contributed by atoms with Gasteiger partial charge >= 0.3 is 0 Å². The van der Waals surface area contributed by atoms with Gasteiger partial charge < -0.3 is 14.6 Å². The van der Waals surface area contributed by atoms with E-state index >= 15 is 0 Å². The van der Waals surface area contributed by atoms with E-state index in [0.717, 1.165) is 5.56 Å². The first-order chi connectivity index (χ1) is 9.06. The molecular weight excluding hydrogens is 287 g/mol. The summed E-state index contributed by atoms with van der Waals surface area (Å²) in [6.07, 6.45) is 0. The third-order valence-electron chi connectivity index (χ3n) is 2.72. The molecule has 0 aliphatic rings. The van der Waals surface area contributed by atoms with Crippen LogP contribution in [0.3, 0.4) is 0 Å². The number of methoxy groups -OCH3 is 2. The number of benzene rings is 2. The highest BCUT2D eigenvalue weighted by molar-refractivity contribution is 6.36. The molecule has 0 saturated carbocycles. The Morgan fingerprint density at radius 1 is 0.947 bits per heavy atom. The SMILES string of the molecule is COc1ccc(-c2cc(Cl)cc(Cl)c2O)cc1OC. The monoisotopic (exact) mass is 298 g/mol. The first-order valence-electron chi connectivity index (χ1n) is 5.47. The van der Waals surface area contributed by atoms with Gasteiger partial charge in [-0.15, -0.1) is 0 Å². The number of aromatic hydroxyl groups is 1. The molecule has 0 bridgehead atoms. The summed E-state index contributed by atoms with van der Waals surface area (Å²) in [4.78, 5) is 0. The lowest BCUT2D eigenvalue weighted by Crippen LogP contribution is -1.91. The first kappa shape index (κ1) is 13.8. The average molecular weight is 299 g/mol. The number of hydrogen-bond donors (Lipinski definition) is 1. The molecule has 2 aromatic carbocycles. The molecule has 0 fully saturated rings. The highest BCUT2D eigenvalue weighted by atomic mass is 35.5. The Labute approximate surface area is 121 Å². The van der Waals surface area contributed by atoms with Crippen molar-refractivity contribution in [1.29, 1.82) is 0 Å². The Morgan fingerprint density at radius 2 is 1.63 bits per heavy atom. The van der Waals surface area contributed by atoms with E-state index in [1.165, 1.54) is 6.07 Å². The van der Waals surface area contributed by atoms with E-state index in [1.807, 2.05) is 0 Å². The van der Waals surface area contributed by atoms with Crippen LogP contribution in [0, 0.1) is 0 Å². The minimum absolute atomic E-state index is 0.0155. The van der Waals surface area contributed by atoms with Crippen molar-refractivity contribution in [1.82, 2.24) is 0 Å². The van der Waals surface area contributed by atoms with E-state index in [-0.39, 0.29) is 10.8 Å². The molecule has 19 heavy (non-hydrogen) atoms. The largest absolute Gasteiger partial charge is 0.506 e.